The fraction of sp³-hybridized carbons (Fsp3) is 0.500. The minimum absolute atomic E-state index is 0.587. The van der Waals surface area contributed by atoms with Crippen molar-refractivity contribution in [1.82, 2.24) is 0 Å². The van der Waals surface area contributed by atoms with Gasteiger partial charge in [-0.15, -0.1) is 0 Å². The molecule has 0 bridgehead atoms. The van der Waals surface area contributed by atoms with Gasteiger partial charge < -0.3 is 24.1 Å². The van der Waals surface area contributed by atoms with Crippen LogP contribution in [0.2, 0.25) is 0 Å². The van der Waals surface area contributed by atoms with E-state index >= 15 is 0 Å². The lowest BCUT2D eigenvalue weighted by molar-refractivity contribution is -0.223. The van der Waals surface area contributed by atoms with Crippen molar-refractivity contribution in [1.29, 1.82) is 0 Å². The van der Waals surface area contributed by atoms with Crippen molar-refractivity contribution in [3.8, 4) is 0 Å². The molecule has 0 spiro atoms. The first-order valence-corrected chi connectivity index (χ1v) is 5.84. The molecule has 1 N–H and O–H groups in total. The molecule has 116 valence electrons. The van der Waals surface area contributed by atoms with E-state index < -0.39 is 48.1 Å². The van der Waals surface area contributed by atoms with Crippen molar-refractivity contribution in [3.63, 3.8) is 0 Å². The Hall–Kier alpha value is -2.58. The minimum atomic E-state index is -1.54. The Morgan fingerprint density at radius 1 is 1.00 bits per heavy atom. The molecule has 0 radical (unpaired) electrons. The number of aliphatic carboxylic acids is 1. The zero-order valence-electron chi connectivity index (χ0n) is 11.5. The van der Waals surface area contributed by atoms with Gasteiger partial charge in [0.1, 0.15) is 0 Å². The van der Waals surface area contributed by atoms with Crippen molar-refractivity contribution >= 4 is 23.9 Å². The molecule has 9 heteroatoms. The zero-order chi connectivity index (χ0) is 16.2. The maximum atomic E-state index is 11.1. The van der Waals surface area contributed by atoms with Gasteiger partial charge in [0, 0.05) is 26.8 Å². The van der Waals surface area contributed by atoms with Crippen molar-refractivity contribution < 1.29 is 43.2 Å². The van der Waals surface area contributed by atoms with Crippen LogP contribution >= 0.6 is 0 Å². The van der Waals surface area contributed by atoms with E-state index in [0.29, 0.717) is 0 Å². The normalized spacial score (nSPS) is 24.1. The second-order valence-electron chi connectivity index (χ2n) is 4.08. The fourth-order valence-corrected chi connectivity index (χ4v) is 1.61. The molecule has 1 heterocycles. The summed E-state index contributed by atoms with van der Waals surface area (Å²) in [5, 5.41) is 8.93. The molecule has 0 saturated heterocycles. The van der Waals surface area contributed by atoms with E-state index in [9.17, 15) is 19.2 Å². The van der Waals surface area contributed by atoms with Crippen molar-refractivity contribution in [2.45, 2.75) is 39.3 Å². The van der Waals surface area contributed by atoms with E-state index in [0.717, 1.165) is 26.8 Å². The first-order chi connectivity index (χ1) is 9.70. The van der Waals surface area contributed by atoms with Crippen LogP contribution in [0.1, 0.15) is 20.8 Å². The third kappa shape index (κ3) is 4.79. The van der Waals surface area contributed by atoms with Gasteiger partial charge in [-0.05, 0) is 0 Å². The number of carboxylic acids is 1. The van der Waals surface area contributed by atoms with Crippen molar-refractivity contribution in [3.05, 3.63) is 11.8 Å². The predicted octanol–water partition coefficient (Wildman–Crippen LogP) is -0.262. The average molecular weight is 302 g/mol. The molecule has 1 aliphatic rings. The van der Waals surface area contributed by atoms with Gasteiger partial charge >= 0.3 is 23.9 Å². The monoisotopic (exact) mass is 302 g/mol. The molecule has 0 aromatic carbocycles. The highest BCUT2D eigenvalue weighted by Crippen LogP contribution is 2.24. The molecule has 0 saturated carbocycles. The van der Waals surface area contributed by atoms with E-state index in [1.807, 2.05) is 0 Å². The largest absolute Gasteiger partial charge is 0.475 e. The Bertz CT molecular complexity index is 493. The molecule has 21 heavy (non-hydrogen) atoms. The number of hydrogen-bond acceptors (Lipinski definition) is 8. The van der Waals surface area contributed by atoms with E-state index in [2.05, 4.69) is 0 Å². The summed E-state index contributed by atoms with van der Waals surface area (Å²) in [5.41, 5.74) is 0. The summed E-state index contributed by atoms with van der Waals surface area (Å²) in [6, 6.07) is 0. The van der Waals surface area contributed by atoms with Crippen LogP contribution in [-0.2, 0) is 38.1 Å². The van der Waals surface area contributed by atoms with Crippen LogP contribution < -0.4 is 0 Å². The molecule has 0 aromatic rings. The quantitative estimate of drug-likeness (QED) is 0.552. The Balaban J connectivity index is 3.12. The Morgan fingerprint density at radius 3 is 1.95 bits per heavy atom. The average Bonchev–Trinajstić information content (AvgIpc) is 2.30. The summed E-state index contributed by atoms with van der Waals surface area (Å²) in [7, 11) is 0. The summed E-state index contributed by atoms with van der Waals surface area (Å²) in [6.07, 6.45) is -3.14. The number of carbonyl (C=O) groups is 4. The van der Waals surface area contributed by atoms with Crippen LogP contribution in [0, 0.1) is 0 Å². The molecule has 0 aliphatic carbocycles. The first-order valence-electron chi connectivity index (χ1n) is 5.84. The van der Waals surface area contributed by atoms with Gasteiger partial charge in [-0.1, -0.05) is 0 Å². The molecule has 1 rings (SSSR count). The number of hydrogen-bond donors (Lipinski definition) is 1. The summed E-state index contributed by atoms with van der Waals surface area (Å²) < 4.78 is 19.5. The summed E-state index contributed by atoms with van der Waals surface area (Å²) >= 11 is 0. The maximum absolute atomic E-state index is 11.1. The van der Waals surface area contributed by atoms with Gasteiger partial charge in [-0.25, -0.2) is 4.79 Å². The van der Waals surface area contributed by atoms with Gasteiger partial charge in [0.15, 0.2) is 6.10 Å². The lowest BCUT2D eigenvalue weighted by atomic mass is 10.1. The smallest absolute Gasteiger partial charge is 0.371 e. The topological polar surface area (TPSA) is 125 Å². The first kappa shape index (κ1) is 16.5. The van der Waals surface area contributed by atoms with Crippen LogP contribution in [0.25, 0.3) is 0 Å². The van der Waals surface area contributed by atoms with Gasteiger partial charge in [0.25, 0.3) is 6.29 Å². The highest BCUT2D eigenvalue weighted by atomic mass is 16.7. The van der Waals surface area contributed by atoms with Crippen LogP contribution in [-0.4, -0.2) is 47.5 Å². The highest BCUT2D eigenvalue weighted by molar-refractivity contribution is 5.84. The second-order valence-corrected chi connectivity index (χ2v) is 4.08. The molecule has 0 aromatic heterocycles. The molecule has 0 amide bonds. The van der Waals surface area contributed by atoms with Gasteiger partial charge in [-0.3, -0.25) is 14.4 Å². The van der Waals surface area contributed by atoms with Gasteiger partial charge in [0.05, 0.1) is 0 Å². The highest BCUT2D eigenvalue weighted by Gasteiger charge is 2.43. The van der Waals surface area contributed by atoms with Gasteiger partial charge in [0.2, 0.25) is 11.9 Å². The minimum Gasteiger partial charge on any atom is -0.475 e. The maximum Gasteiger partial charge on any atom is 0.371 e. The van der Waals surface area contributed by atoms with Crippen LogP contribution in [0.3, 0.4) is 0 Å². The fourth-order valence-electron chi connectivity index (χ4n) is 1.61. The molecular weight excluding hydrogens is 288 g/mol. The molecular formula is C12H14O9. The Morgan fingerprint density at radius 2 is 1.52 bits per heavy atom. The lowest BCUT2D eigenvalue weighted by Gasteiger charge is -2.33. The summed E-state index contributed by atoms with van der Waals surface area (Å²) in [4.78, 5) is 44.2. The number of carboxylic acid groups (broad SMARTS) is 1. The molecule has 0 fully saturated rings. The van der Waals surface area contributed by atoms with Crippen molar-refractivity contribution in [2.24, 2.45) is 0 Å². The number of rotatable bonds is 4. The number of ether oxygens (including phenoxy) is 4. The SMILES string of the molecule is CC(=O)OC1C=C(C(=O)O)O[C@@H](OC(C)=O)[C@@H]1OC(C)=O. The van der Waals surface area contributed by atoms with E-state index in [4.69, 9.17) is 24.1 Å². The summed E-state index contributed by atoms with van der Waals surface area (Å²) in [5.74, 6) is -4.31. The Labute approximate surface area is 119 Å². The molecule has 1 unspecified atom stereocenters. The second kappa shape index (κ2) is 6.73. The molecule has 1 aliphatic heterocycles. The Kier molecular flexibility index (Phi) is 5.28. The van der Waals surface area contributed by atoms with Gasteiger partial charge in [-0.2, -0.15) is 0 Å². The van der Waals surface area contributed by atoms with Crippen LogP contribution in [0.5, 0.6) is 0 Å². The third-order valence-electron chi connectivity index (χ3n) is 2.25. The van der Waals surface area contributed by atoms with E-state index in [1.165, 1.54) is 0 Å². The third-order valence-corrected chi connectivity index (χ3v) is 2.25. The number of carbonyl (C=O) groups excluding carboxylic acids is 3. The lowest BCUT2D eigenvalue weighted by Crippen LogP contribution is -2.48. The molecule has 3 atom stereocenters. The van der Waals surface area contributed by atoms with Crippen molar-refractivity contribution in [2.75, 3.05) is 0 Å². The molecule has 9 nitrogen and oxygen atoms in total. The summed E-state index contributed by atoms with van der Waals surface area (Å²) in [6.45, 7) is 3.25. The van der Waals surface area contributed by atoms with E-state index in [1.54, 1.807) is 0 Å². The zero-order valence-corrected chi connectivity index (χ0v) is 11.5. The number of esters is 3. The van der Waals surface area contributed by atoms with Crippen LogP contribution in [0.15, 0.2) is 11.8 Å². The van der Waals surface area contributed by atoms with E-state index in [-0.39, 0.29) is 0 Å². The van der Waals surface area contributed by atoms with Crippen LogP contribution in [0.4, 0.5) is 0 Å². The predicted molar refractivity (Wildman–Crippen MR) is 63.5 cm³/mol. The standard InChI is InChI=1S/C12H14O9/c1-5(13)18-8-4-9(11(16)17)21-12(20-7(3)15)10(8)19-6(2)14/h4,8,10,12H,1-3H3,(H,16,17)/t8?,10-,12-/m1/s1.